The summed E-state index contributed by atoms with van der Waals surface area (Å²) in [6.07, 6.45) is 2.35. The van der Waals surface area contributed by atoms with Crippen LogP contribution in [0.25, 0.3) is 0 Å². The molecule has 0 aromatic carbocycles. The largest absolute Gasteiger partial charge is 0.378 e. The van der Waals surface area contributed by atoms with Gasteiger partial charge in [0.2, 0.25) is 5.91 Å². The summed E-state index contributed by atoms with van der Waals surface area (Å²) >= 11 is 0. The number of nitrogens with one attached hydrogen (secondary N) is 1. The van der Waals surface area contributed by atoms with Gasteiger partial charge in [-0.1, -0.05) is 13.8 Å². The summed E-state index contributed by atoms with van der Waals surface area (Å²) in [5.74, 6) is 0.567. The summed E-state index contributed by atoms with van der Waals surface area (Å²) in [4.78, 5) is 11.4. The summed E-state index contributed by atoms with van der Waals surface area (Å²) < 4.78 is 5.61. The van der Waals surface area contributed by atoms with Crippen LogP contribution in [0.2, 0.25) is 0 Å². The molecule has 0 heterocycles. The number of nitrogens with two attached hydrogens (primary N) is 1. The maximum atomic E-state index is 11.4. The van der Waals surface area contributed by atoms with Gasteiger partial charge in [-0.2, -0.15) is 0 Å². The van der Waals surface area contributed by atoms with Crippen molar-refractivity contribution >= 4 is 18.3 Å². The zero-order valence-electron chi connectivity index (χ0n) is 12.1. The minimum absolute atomic E-state index is 0. The van der Waals surface area contributed by atoms with Crippen LogP contribution < -0.4 is 11.1 Å². The molecule has 2 unspecified atom stereocenters. The Morgan fingerprint density at radius 1 is 1.28 bits per heavy atom. The van der Waals surface area contributed by atoms with E-state index in [0.29, 0.717) is 18.9 Å². The van der Waals surface area contributed by atoms with Crippen molar-refractivity contribution in [3.05, 3.63) is 0 Å². The molecule has 0 saturated carbocycles. The number of carbonyl (C=O) groups is 1. The average molecular weight is 281 g/mol. The molecule has 5 heteroatoms. The van der Waals surface area contributed by atoms with Crippen molar-refractivity contribution in [3.8, 4) is 0 Å². The van der Waals surface area contributed by atoms with Gasteiger partial charge in [0.05, 0.1) is 6.10 Å². The molecule has 0 aliphatic heterocycles. The van der Waals surface area contributed by atoms with E-state index in [1.165, 1.54) is 0 Å². The van der Waals surface area contributed by atoms with Crippen LogP contribution in [-0.2, 0) is 9.53 Å². The monoisotopic (exact) mass is 280 g/mol. The van der Waals surface area contributed by atoms with Gasteiger partial charge >= 0.3 is 0 Å². The van der Waals surface area contributed by atoms with E-state index in [9.17, 15) is 4.79 Å². The Morgan fingerprint density at radius 3 is 2.33 bits per heavy atom. The highest BCUT2D eigenvalue weighted by Crippen LogP contribution is 2.09. The van der Waals surface area contributed by atoms with Crippen LogP contribution in [0.4, 0.5) is 0 Å². The van der Waals surface area contributed by atoms with E-state index < -0.39 is 0 Å². The van der Waals surface area contributed by atoms with Crippen LogP contribution in [0.3, 0.4) is 0 Å². The molecule has 2 atom stereocenters. The number of rotatable bonds is 9. The Bertz CT molecular complexity index is 211. The molecular weight excluding hydrogens is 252 g/mol. The highest BCUT2D eigenvalue weighted by Gasteiger charge is 2.13. The van der Waals surface area contributed by atoms with Crippen molar-refractivity contribution in [1.29, 1.82) is 0 Å². The first-order valence-electron chi connectivity index (χ1n) is 6.61. The number of halogens is 1. The van der Waals surface area contributed by atoms with Gasteiger partial charge in [-0.3, -0.25) is 4.79 Å². The fraction of sp³-hybridized carbons (Fsp3) is 0.923. The van der Waals surface area contributed by atoms with Crippen molar-refractivity contribution in [2.24, 2.45) is 11.7 Å². The van der Waals surface area contributed by atoms with Gasteiger partial charge in [0.1, 0.15) is 0 Å². The minimum Gasteiger partial charge on any atom is -0.378 e. The van der Waals surface area contributed by atoms with Crippen LogP contribution in [0.15, 0.2) is 0 Å². The smallest absolute Gasteiger partial charge is 0.220 e. The highest BCUT2D eigenvalue weighted by atomic mass is 35.5. The molecule has 0 aliphatic rings. The Morgan fingerprint density at radius 2 is 1.89 bits per heavy atom. The third-order valence-electron chi connectivity index (χ3n) is 2.70. The van der Waals surface area contributed by atoms with E-state index in [0.717, 1.165) is 19.4 Å². The molecule has 4 nitrogen and oxygen atoms in total. The fourth-order valence-corrected chi connectivity index (χ4v) is 1.62. The second-order valence-electron chi connectivity index (χ2n) is 4.89. The predicted molar refractivity (Wildman–Crippen MR) is 78.0 cm³/mol. The van der Waals surface area contributed by atoms with Gasteiger partial charge in [0.25, 0.3) is 0 Å². The van der Waals surface area contributed by atoms with E-state index >= 15 is 0 Å². The molecule has 0 spiro atoms. The molecule has 18 heavy (non-hydrogen) atoms. The molecule has 0 aromatic rings. The molecule has 0 fully saturated rings. The van der Waals surface area contributed by atoms with Crippen molar-refractivity contribution in [1.82, 2.24) is 5.32 Å². The van der Waals surface area contributed by atoms with Crippen molar-refractivity contribution in [3.63, 3.8) is 0 Å². The van der Waals surface area contributed by atoms with E-state index in [1.54, 1.807) is 0 Å². The molecule has 0 saturated heterocycles. The van der Waals surface area contributed by atoms with Crippen LogP contribution >= 0.6 is 12.4 Å². The topological polar surface area (TPSA) is 64.3 Å². The Balaban J connectivity index is 0. The normalized spacial score (nSPS) is 13.9. The first kappa shape index (κ1) is 20.0. The van der Waals surface area contributed by atoms with Gasteiger partial charge in [-0.25, -0.2) is 0 Å². The second-order valence-corrected chi connectivity index (χ2v) is 4.89. The fourth-order valence-electron chi connectivity index (χ4n) is 1.62. The number of ether oxygens (including phenoxy) is 1. The summed E-state index contributed by atoms with van der Waals surface area (Å²) in [5, 5.41) is 2.91. The SMILES string of the molecule is CCOC(CCNC(=O)CCC(C)N)C(C)C.Cl. The summed E-state index contributed by atoms with van der Waals surface area (Å²) in [6, 6.07) is 0.0904. The van der Waals surface area contributed by atoms with Gasteiger partial charge in [0.15, 0.2) is 0 Å². The van der Waals surface area contributed by atoms with Crippen LogP contribution in [0, 0.1) is 5.92 Å². The summed E-state index contributed by atoms with van der Waals surface area (Å²) in [5.41, 5.74) is 5.60. The van der Waals surface area contributed by atoms with Crippen molar-refractivity contribution in [2.45, 2.75) is 59.1 Å². The lowest BCUT2D eigenvalue weighted by Crippen LogP contribution is -2.31. The summed E-state index contributed by atoms with van der Waals surface area (Å²) in [6.45, 7) is 9.59. The quantitative estimate of drug-likeness (QED) is 0.680. The van der Waals surface area contributed by atoms with Crippen LogP contribution in [0.1, 0.15) is 47.0 Å². The number of carbonyl (C=O) groups excluding carboxylic acids is 1. The van der Waals surface area contributed by atoms with Gasteiger partial charge in [-0.15, -0.1) is 12.4 Å². The van der Waals surface area contributed by atoms with E-state index in [2.05, 4.69) is 19.2 Å². The zero-order chi connectivity index (χ0) is 13.3. The first-order valence-corrected chi connectivity index (χ1v) is 6.61. The third kappa shape index (κ3) is 10.8. The Kier molecular flexibility index (Phi) is 13.1. The molecule has 0 radical (unpaired) electrons. The number of hydrogen-bond acceptors (Lipinski definition) is 3. The maximum Gasteiger partial charge on any atom is 0.220 e. The zero-order valence-corrected chi connectivity index (χ0v) is 12.9. The van der Waals surface area contributed by atoms with Crippen LogP contribution in [-0.4, -0.2) is 31.2 Å². The lowest BCUT2D eigenvalue weighted by Gasteiger charge is -2.20. The van der Waals surface area contributed by atoms with Gasteiger partial charge < -0.3 is 15.8 Å². The molecular formula is C13H29ClN2O2. The summed E-state index contributed by atoms with van der Waals surface area (Å²) in [7, 11) is 0. The van der Waals surface area contributed by atoms with E-state index in [1.807, 2.05) is 13.8 Å². The molecule has 1 amide bonds. The lowest BCUT2D eigenvalue weighted by molar-refractivity contribution is -0.121. The average Bonchev–Trinajstić information content (AvgIpc) is 2.25. The lowest BCUT2D eigenvalue weighted by atomic mass is 10.0. The van der Waals surface area contributed by atoms with Crippen molar-refractivity contribution in [2.75, 3.05) is 13.2 Å². The molecule has 0 bridgehead atoms. The molecule has 110 valence electrons. The van der Waals surface area contributed by atoms with Gasteiger partial charge in [0, 0.05) is 25.6 Å². The molecule has 3 N–H and O–H groups in total. The number of hydrogen-bond donors (Lipinski definition) is 2. The van der Waals surface area contributed by atoms with E-state index in [-0.39, 0.29) is 30.5 Å². The molecule has 0 aliphatic carbocycles. The molecule has 0 rings (SSSR count). The van der Waals surface area contributed by atoms with E-state index in [4.69, 9.17) is 10.5 Å². The van der Waals surface area contributed by atoms with Crippen molar-refractivity contribution < 1.29 is 9.53 Å². The molecule has 0 aromatic heterocycles. The maximum absolute atomic E-state index is 11.4. The number of amides is 1. The van der Waals surface area contributed by atoms with Crippen LogP contribution in [0.5, 0.6) is 0 Å². The Labute approximate surface area is 117 Å². The minimum atomic E-state index is 0. The predicted octanol–water partition coefficient (Wildman–Crippen LogP) is 2.10. The standard InChI is InChI=1S/C13H28N2O2.ClH/c1-5-17-12(10(2)3)8-9-15-13(16)7-6-11(4)14;/h10-12H,5-9,14H2,1-4H3,(H,15,16);1H. The second kappa shape index (κ2) is 11.8. The highest BCUT2D eigenvalue weighted by molar-refractivity contribution is 5.85. The first-order chi connectivity index (χ1) is 7.97. The third-order valence-corrected chi connectivity index (χ3v) is 2.70. The van der Waals surface area contributed by atoms with Gasteiger partial charge in [-0.05, 0) is 32.6 Å². The Hall–Kier alpha value is -0.320.